The largest absolute Gasteiger partial charge is 0.359 e. The number of carbonyl (C=O) groups is 4. The highest BCUT2D eigenvalue weighted by Crippen LogP contribution is 2.45. The van der Waals surface area contributed by atoms with Gasteiger partial charge in [-0.1, -0.05) is 292 Å². The maximum Gasteiger partial charge on any atom is 0.229 e. The van der Waals surface area contributed by atoms with E-state index in [-0.39, 0.29) is 73.6 Å². The number of imide groups is 2. The summed E-state index contributed by atoms with van der Waals surface area (Å²) < 4.78 is 14.6. The standard InChI is InChI=1S/C72H76N2O6Si2/c1-81(2,63-41-25-11-26-42-63)65(51-69(77)73-61(45-49-67(73)75)53-79-71(55-29-13-5-14-30-55,56-31-15-6-16-32-56)57-33-17-7-18-34-57)47-48-66(82(3,4)64-43-27-12-28-44-64)52-70(78)74-62(46-50-68(74)76)54-80-72(58-35-19-8-20-36-58,59-37-21-9-22-38-59)60-39-23-10-24-40-60/h5-44,61-62,65-66H,45-54H2,1-4H3/t61-,62-,65-,66-/m0/s1. The van der Waals surface area contributed by atoms with Crippen LogP contribution in [-0.4, -0.2) is 74.9 Å². The molecule has 82 heavy (non-hydrogen) atoms. The molecule has 0 unspecified atom stereocenters. The van der Waals surface area contributed by atoms with Gasteiger partial charge in [0.15, 0.2) is 0 Å². The van der Waals surface area contributed by atoms with Crippen molar-refractivity contribution in [1.29, 1.82) is 0 Å². The number of hydrogen-bond donors (Lipinski definition) is 0. The zero-order valence-electron chi connectivity index (χ0n) is 47.8. The number of rotatable bonds is 23. The van der Waals surface area contributed by atoms with Crippen LogP contribution in [0.15, 0.2) is 243 Å². The second kappa shape index (κ2) is 25.7. The van der Waals surface area contributed by atoms with Crippen molar-refractivity contribution >= 4 is 50.1 Å². The molecule has 0 aliphatic carbocycles. The topological polar surface area (TPSA) is 93.2 Å². The van der Waals surface area contributed by atoms with E-state index in [1.54, 1.807) is 0 Å². The fourth-order valence-corrected chi connectivity index (χ4v) is 19.3. The summed E-state index contributed by atoms with van der Waals surface area (Å²) >= 11 is 0. The van der Waals surface area contributed by atoms with Crippen molar-refractivity contribution < 1.29 is 28.7 Å². The Hall–Kier alpha value is -7.61. The monoisotopic (exact) mass is 1120 g/mol. The molecule has 4 atom stereocenters. The van der Waals surface area contributed by atoms with Gasteiger partial charge in [0.05, 0.1) is 41.4 Å². The minimum absolute atomic E-state index is 0.0933. The number of amides is 4. The second-order valence-corrected chi connectivity index (χ2v) is 33.1. The number of nitrogens with zero attached hydrogens (tertiary/aromatic N) is 2. The minimum atomic E-state index is -2.49. The smallest absolute Gasteiger partial charge is 0.229 e. The third kappa shape index (κ3) is 12.0. The SMILES string of the molecule is C[Si](C)(c1ccccc1)[C@@H](CC[C@@H](CC(=O)N1C(=O)CC[C@H]1COC(c1ccccc1)(c1ccccc1)c1ccccc1)[Si](C)(C)c1ccccc1)CC(=O)N1C(=O)CC[C@H]1COC(c1ccccc1)(c1ccccc1)c1ccccc1. The Balaban J connectivity index is 0.934. The van der Waals surface area contributed by atoms with E-state index >= 15 is 9.59 Å². The van der Waals surface area contributed by atoms with Crippen LogP contribution in [0.2, 0.25) is 37.3 Å². The normalized spacial score (nSPS) is 16.7. The van der Waals surface area contributed by atoms with Gasteiger partial charge in [-0.05, 0) is 57.3 Å². The van der Waals surface area contributed by atoms with Crippen molar-refractivity contribution in [2.24, 2.45) is 0 Å². The molecule has 2 saturated heterocycles. The van der Waals surface area contributed by atoms with E-state index in [1.807, 2.05) is 121 Å². The van der Waals surface area contributed by atoms with Gasteiger partial charge in [-0.2, -0.15) is 0 Å². The zero-order chi connectivity index (χ0) is 57.2. The van der Waals surface area contributed by atoms with Gasteiger partial charge in [-0.25, -0.2) is 0 Å². The first-order chi connectivity index (χ1) is 39.8. The van der Waals surface area contributed by atoms with Crippen LogP contribution in [0.5, 0.6) is 0 Å². The fourth-order valence-electron chi connectivity index (χ4n) is 13.1. The molecule has 0 radical (unpaired) electrons. The number of ether oxygens (including phenoxy) is 2. The molecule has 0 saturated carbocycles. The highest BCUT2D eigenvalue weighted by molar-refractivity contribution is 6.91. The predicted molar refractivity (Wildman–Crippen MR) is 333 cm³/mol. The van der Waals surface area contributed by atoms with E-state index < -0.39 is 39.4 Å². The fraction of sp³-hybridized carbons (Fsp3) is 0.278. The van der Waals surface area contributed by atoms with Gasteiger partial charge in [0.1, 0.15) is 11.2 Å². The highest BCUT2D eigenvalue weighted by atomic mass is 28.3. The molecule has 4 amide bonds. The highest BCUT2D eigenvalue weighted by Gasteiger charge is 2.47. The van der Waals surface area contributed by atoms with Gasteiger partial charge in [-0.3, -0.25) is 29.0 Å². The lowest BCUT2D eigenvalue weighted by molar-refractivity contribution is -0.147. The molecule has 2 aliphatic heterocycles. The summed E-state index contributed by atoms with van der Waals surface area (Å²) in [5.41, 5.74) is 3.51. The van der Waals surface area contributed by atoms with Crippen LogP contribution in [0.4, 0.5) is 0 Å². The number of benzene rings is 8. The first-order valence-corrected chi connectivity index (χ1v) is 35.4. The molecule has 8 nitrogen and oxygen atoms in total. The lowest BCUT2D eigenvalue weighted by Crippen LogP contribution is -2.51. The van der Waals surface area contributed by atoms with Crippen molar-refractivity contribution in [3.63, 3.8) is 0 Å². The summed E-state index contributed by atoms with van der Waals surface area (Å²) in [6.45, 7) is 9.66. The number of likely N-dealkylation sites (tertiary alicyclic amines) is 2. The van der Waals surface area contributed by atoms with Gasteiger partial charge in [0.25, 0.3) is 0 Å². The molecule has 0 bridgehead atoms. The second-order valence-electron chi connectivity index (χ2n) is 23.4. The van der Waals surface area contributed by atoms with E-state index in [4.69, 9.17) is 9.47 Å². The van der Waals surface area contributed by atoms with E-state index in [0.29, 0.717) is 25.7 Å². The van der Waals surface area contributed by atoms with Crippen molar-refractivity contribution in [2.75, 3.05) is 13.2 Å². The van der Waals surface area contributed by atoms with Crippen LogP contribution in [0, 0.1) is 0 Å². The molecule has 8 aromatic rings. The summed E-state index contributed by atoms with van der Waals surface area (Å²) in [5, 5.41) is 2.46. The molecule has 2 heterocycles. The molecule has 8 aromatic carbocycles. The Morgan fingerprint density at radius 2 is 0.634 bits per heavy atom. The Morgan fingerprint density at radius 1 is 0.402 bits per heavy atom. The summed E-state index contributed by atoms with van der Waals surface area (Å²) in [6, 6.07) is 81.3. The molecule has 418 valence electrons. The van der Waals surface area contributed by atoms with E-state index in [1.165, 1.54) is 20.2 Å². The van der Waals surface area contributed by atoms with Crippen LogP contribution < -0.4 is 10.4 Å². The van der Waals surface area contributed by atoms with Crippen LogP contribution in [0.1, 0.15) is 84.7 Å². The lowest BCUT2D eigenvalue weighted by atomic mass is 9.80. The zero-order valence-corrected chi connectivity index (χ0v) is 49.8. The first kappa shape index (κ1) is 57.6. The van der Waals surface area contributed by atoms with Crippen LogP contribution in [0.3, 0.4) is 0 Å². The quantitative estimate of drug-likeness (QED) is 0.0468. The predicted octanol–water partition coefficient (Wildman–Crippen LogP) is 13.6. The van der Waals surface area contributed by atoms with Crippen molar-refractivity contribution in [2.45, 2.75) is 112 Å². The summed E-state index contributed by atoms with van der Waals surface area (Å²) in [7, 11) is -4.99. The Labute approximate surface area is 487 Å². The van der Waals surface area contributed by atoms with Crippen LogP contribution in [-0.2, 0) is 39.9 Å². The van der Waals surface area contributed by atoms with E-state index in [0.717, 1.165) is 33.4 Å². The number of carbonyl (C=O) groups excluding carboxylic acids is 4. The molecule has 10 rings (SSSR count). The molecule has 2 aliphatic rings. The van der Waals surface area contributed by atoms with Gasteiger partial charge < -0.3 is 9.47 Å². The van der Waals surface area contributed by atoms with Crippen molar-refractivity contribution in [3.8, 4) is 0 Å². The molecule has 0 N–H and O–H groups in total. The Morgan fingerprint density at radius 3 is 0.878 bits per heavy atom. The Kier molecular flexibility index (Phi) is 18.0. The van der Waals surface area contributed by atoms with Gasteiger partial charge in [-0.15, -0.1) is 0 Å². The summed E-state index contributed by atoms with van der Waals surface area (Å²) in [4.78, 5) is 62.2. The van der Waals surface area contributed by atoms with Crippen LogP contribution >= 0.6 is 0 Å². The van der Waals surface area contributed by atoms with Gasteiger partial charge in [0, 0.05) is 25.7 Å². The average Bonchev–Trinajstić information content (AvgIpc) is 4.13. The summed E-state index contributed by atoms with van der Waals surface area (Å²) in [6.07, 6.45) is 3.20. The average molecular weight is 1120 g/mol. The first-order valence-electron chi connectivity index (χ1n) is 29.3. The molecule has 2 fully saturated rings. The maximum absolute atomic E-state index is 15.4. The molecule has 10 heteroatoms. The third-order valence-corrected chi connectivity index (χ3v) is 26.7. The van der Waals surface area contributed by atoms with Crippen molar-refractivity contribution in [3.05, 3.63) is 276 Å². The summed E-state index contributed by atoms with van der Waals surface area (Å²) in [5.74, 6) is -0.718. The van der Waals surface area contributed by atoms with E-state index in [2.05, 4.69) is 148 Å². The van der Waals surface area contributed by atoms with Gasteiger partial charge in [0.2, 0.25) is 23.6 Å². The molecule has 0 spiro atoms. The van der Waals surface area contributed by atoms with Crippen LogP contribution in [0.25, 0.3) is 0 Å². The van der Waals surface area contributed by atoms with Gasteiger partial charge >= 0.3 is 0 Å². The number of hydrogen-bond acceptors (Lipinski definition) is 6. The molecule has 0 aromatic heterocycles. The Bertz CT molecular complexity index is 2950. The molecular weight excluding hydrogens is 1040 g/mol. The third-order valence-electron chi connectivity index (χ3n) is 18.0. The minimum Gasteiger partial charge on any atom is -0.359 e. The van der Waals surface area contributed by atoms with Crippen molar-refractivity contribution in [1.82, 2.24) is 9.80 Å². The van der Waals surface area contributed by atoms with E-state index in [9.17, 15) is 9.59 Å². The lowest BCUT2D eigenvalue weighted by Gasteiger charge is -2.39. The maximum atomic E-state index is 15.4. The molecular formula is C72H76N2O6Si2.